The van der Waals surface area contributed by atoms with E-state index in [1.807, 2.05) is 6.92 Å². The Hall–Kier alpha value is -1.35. The Kier molecular flexibility index (Phi) is 5.55. The summed E-state index contributed by atoms with van der Waals surface area (Å²) in [5, 5.41) is 2.99. The van der Waals surface area contributed by atoms with Crippen LogP contribution < -0.4 is 11.1 Å². The molecule has 0 aliphatic heterocycles. The number of hydrogen-bond acceptors (Lipinski definition) is 2. The molecule has 0 heterocycles. The molecule has 0 radical (unpaired) electrons. The predicted octanol–water partition coefficient (Wildman–Crippen LogP) is 2.90. The van der Waals surface area contributed by atoms with Crippen LogP contribution in [0.25, 0.3) is 0 Å². The van der Waals surface area contributed by atoms with Gasteiger partial charge >= 0.3 is 0 Å². The summed E-state index contributed by atoms with van der Waals surface area (Å²) in [4.78, 5) is 11.6. The first-order valence-corrected chi connectivity index (χ1v) is 6.94. The fourth-order valence-corrected chi connectivity index (χ4v) is 1.93. The number of carbonyl (C=O) groups excluding carboxylic acids is 1. The fraction of sp³-hybridized carbons (Fsp3) is 0.562. The maximum Gasteiger partial charge on any atom is 0.220 e. The third-order valence-electron chi connectivity index (χ3n) is 3.26. The van der Waals surface area contributed by atoms with Crippen molar-refractivity contribution in [1.29, 1.82) is 0 Å². The van der Waals surface area contributed by atoms with Crippen molar-refractivity contribution in [2.45, 2.75) is 52.0 Å². The van der Waals surface area contributed by atoms with Crippen LogP contribution in [-0.4, -0.2) is 12.5 Å². The third kappa shape index (κ3) is 5.03. The van der Waals surface area contributed by atoms with Crippen molar-refractivity contribution in [1.82, 2.24) is 5.32 Å². The van der Waals surface area contributed by atoms with Gasteiger partial charge < -0.3 is 11.1 Å². The van der Waals surface area contributed by atoms with E-state index in [0.717, 1.165) is 12.0 Å². The predicted molar refractivity (Wildman–Crippen MR) is 80.0 cm³/mol. The molecule has 1 unspecified atom stereocenters. The Labute approximate surface area is 116 Å². The zero-order valence-corrected chi connectivity index (χ0v) is 12.5. The average molecular weight is 262 g/mol. The van der Waals surface area contributed by atoms with E-state index in [9.17, 15) is 4.79 Å². The third-order valence-corrected chi connectivity index (χ3v) is 3.26. The molecule has 1 aromatic rings. The number of benzene rings is 1. The minimum atomic E-state index is 0.0410. The molecule has 0 fully saturated rings. The van der Waals surface area contributed by atoms with E-state index in [0.29, 0.717) is 13.0 Å². The van der Waals surface area contributed by atoms with Crippen LogP contribution >= 0.6 is 0 Å². The highest BCUT2D eigenvalue weighted by atomic mass is 16.1. The Morgan fingerprint density at radius 1 is 1.26 bits per heavy atom. The van der Waals surface area contributed by atoms with Crippen molar-refractivity contribution in [3.63, 3.8) is 0 Å². The molecule has 0 aliphatic rings. The van der Waals surface area contributed by atoms with Crippen LogP contribution in [0.2, 0.25) is 0 Å². The lowest BCUT2D eigenvalue weighted by molar-refractivity contribution is -0.121. The second kappa shape index (κ2) is 6.71. The van der Waals surface area contributed by atoms with Crippen LogP contribution in [0.1, 0.15) is 57.7 Å². The Morgan fingerprint density at radius 2 is 1.84 bits per heavy atom. The number of rotatable bonds is 5. The summed E-state index contributed by atoms with van der Waals surface area (Å²) in [6.45, 7) is 9.15. The molecule has 1 rings (SSSR count). The van der Waals surface area contributed by atoms with Gasteiger partial charge in [-0.3, -0.25) is 4.79 Å². The zero-order chi connectivity index (χ0) is 14.5. The SMILES string of the molecule is CC(NC(=O)CCCN)c1ccc(C(C)(C)C)cc1. The van der Waals surface area contributed by atoms with E-state index in [4.69, 9.17) is 5.73 Å². The summed E-state index contributed by atoms with van der Waals surface area (Å²) in [6.07, 6.45) is 1.24. The highest BCUT2D eigenvalue weighted by Gasteiger charge is 2.14. The first-order valence-electron chi connectivity index (χ1n) is 6.94. The molecular weight excluding hydrogens is 236 g/mol. The molecule has 106 valence electrons. The number of nitrogens with two attached hydrogens (primary N) is 1. The van der Waals surface area contributed by atoms with Crippen molar-refractivity contribution in [2.24, 2.45) is 5.73 Å². The summed E-state index contributed by atoms with van der Waals surface area (Å²) >= 11 is 0. The van der Waals surface area contributed by atoms with Crippen molar-refractivity contribution in [3.8, 4) is 0 Å². The van der Waals surface area contributed by atoms with Crippen LogP contribution in [-0.2, 0) is 10.2 Å². The molecule has 3 N–H and O–H groups in total. The summed E-state index contributed by atoms with van der Waals surface area (Å²) in [5.41, 5.74) is 7.99. The molecule has 0 spiro atoms. The van der Waals surface area contributed by atoms with Crippen LogP contribution in [0.15, 0.2) is 24.3 Å². The second-order valence-corrected chi connectivity index (χ2v) is 6.05. The van der Waals surface area contributed by atoms with Gasteiger partial charge in [0.2, 0.25) is 5.91 Å². The van der Waals surface area contributed by atoms with E-state index < -0.39 is 0 Å². The molecular formula is C16H26N2O. The van der Waals surface area contributed by atoms with E-state index in [1.165, 1.54) is 5.56 Å². The van der Waals surface area contributed by atoms with E-state index in [1.54, 1.807) is 0 Å². The van der Waals surface area contributed by atoms with Crippen LogP contribution in [0, 0.1) is 0 Å². The van der Waals surface area contributed by atoms with Gasteiger partial charge in [0.15, 0.2) is 0 Å². The smallest absolute Gasteiger partial charge is 0.220 e. The first-order chi connectivity index (χ1) is 8.84. The number of hydrogen-bond donors (Lipinski definition) is 2. The van der Waals surface area contributed by atoms with Gasteiger partial charge in [0.25, 0.3) is 0 Å². The van der Waals surface area contributed by atoms with E-state index in [2.05, 4.69) is 50.4 Å². The van der Waals surface area contributed by atoms with Crippen molar-refractivity contribution < 1.29 is 4.79 Å². The van der Waals surface area contributed by atoms with Gasteiger partial charge in [0.1, 0.15) is 0 Å². The highest BCUT2D eigenvalue weighted by molar-refractivity contribution is 5.76. The lowest BCUT2D eigenvalue weighted by Crippen LogP contribution is -2.27. The molecule has 1 amide bonds. The van der Waals surface area contributed by atoms with Crippen LogP contribution in [0.3, 0.4) is 0 Å². The number of nitrogens with one attached hydrogen (secondary N) is 1. The monoisotopic (exact) mass is 262 g/mol. The largest absolute Gasteiger partial charge is 0.350 e. The molecule has 0 bridgehead atoms. The van der Waals surface area contributed by atoms with E-state index >= 15 is 0 Å². The molecule has 3 nitrogen and oxygen atoms in total. The minimum absolute atomic E-state index is 0.0410. The summed E-state index contributed by atoms with van der Waals surface area (Å²) < 4.78 is 0. The molecule has 19 heavy (non-hydrogen) atoms. The summed E-state index contributed by atoms with van der Waals surface area (Å²) in [7, 11) is 0. The Balaban J connectivity index is 2.63. The minimum Gasteiger partial charge on any atom is -0.350 e. The zero-order valence-electron chi connectivity index (χ0n) is 12.5. The maximum atomic E-state index is 11.6. The highest BCUT2D eigenvalue weighted by Crippen LogP contribution is 2.23. The molecule has 0 aromatic heterocycles. The number of amides is 1. The van der Waals surface area contributed by atoms with Crippen molar-refractivity contribution in [2.75, 3.05) is 6.54 Å². The van der Waals surface area contributed by atoms with Gasteiger partial charge in [0, 0.05) is 6.42 Å². The maximum absolute atomic E-state index is 11.6. The van der Waals surface area contributed by atoms with Gasteiger partial charge in [-0.1, -0.05) is 45.0 Å². The van der Waals surface area contributed by atoms with Gasteiger partial charge in [-0.2, -0.15) is 0 Å². The molecule has 3 heteroatoms. The topological polar surface area (TPSA) is 55.1 Å². The quantitative estimate of drug-likeness (QED) is 0.857. The van der Waals surface area contributed by atoms with Gasteiger partial charge in [-0.05, 0) is 36.4 Å². The van der Waals surface area contributed by atoms with Gasteiger partial charge in [-0.25, -0.2) is 0 Å². The molecule has 0 aliphatic carbocycles. The standard InChI is InChI=1S/C16H26N2O/c1-12(18-15(19)6-5-11-17)13-7-9-14(10-8-13)16(2,3)4/h7-10,12H,5-6,11,17H2,1-4H3,(H,18,19). The summed E-state index contributed by atoms with van der Waals surface area (Å²) in [5.74, 6) is 0.0675. The molecule has 0 saturated heterocycles. The number of carbonyl (C=O) groups is 1. The van der Waals surface area contributed by atoms with Gasteiger partial charge in [0.05, 0.1) is 6.04 Å². The van der Waals surface area contributed by atoms with Gasteiger partial charge in [-0.15, -0.1) is 0 Å². The molecule has 1 atom stereocenters. The van der Waals surface area contributed by atoms with Crippen molar-refractivity contribution in [3.05, 3.63) is 35.4 Å². The lowest BCUT2D eigenvalue weighted by Gasteiger charge is -2.20. The molecule has 0 saturated carbocycles. The summed E-state index contributed by atoms with van der Waals surface area (Å²) in [6, 6.07) is 8.50. The lowest BCUT2D eigenvalue weighted by atomic mass is 9.86. The van der Waals surface area contributed by atoms with Crippen LogP contribution in [0.5, 0.6) is 0 Å². The second-order valence-electron chi connectivity index (χ2n) is 6.05. The molecule has 1 aromatic carbocycles. The van der Waals surface area contributed by atoms with Crippen LogP contribution in [0.4, 0.5) is 0 Å². The fourth-order valence-electron chi connectivity index (χ4n) is 1.93. The Bertz CT molecular complexity index is 404. The Morgan fingerprint density at radius 3 is 2.32 bits per heavy atom. The average Bonchev–Trinajstić information content (AvgIpc) is 2.35. The first kappa shape index (κ1) is 15.7. The normalized spacial score (nSPS) is 13.1. The van der Waals surface area contributed by atoms with Crippen molar-refractivity contribution >= 4 is 5.91 Å². The van der Waals surface area contributed by atoms with E-state index in [-0.39, 0.29) is 17.4 Å².